The maximum absolute atomic E-state index is 11.3. The summed E-state index contributed by atoms with van der Waals surface area (Å²) in [6.07, 6.45) is -1.08. The third kappa shape index (κ3) is 4.18. The normalized spacial score (nSPS) is 10.6. The first-order valence-corrected chi connectivity index (χ1v) is 5.79. The summed E-state index contributed by atoms with van der Waals surface area (Å²) in [5.74, 6) is -0.745. The van der Waals surface area contributed by atoms with Crippen LogP contribution < -0.4 is 4.18 Å². The lowest BCUT2D eigenvalue weighted by Crippen LogP contribution is -2.19. The number of benzene rings is 1. The zero-order valence-electron chi connectivity index (χ0n) is 8.45. The summed E-state index contributed by atoms with van der Waals surface area (Å²) in [4.78, 5) is 10.5. The van der Waals surface area contributed by atoms with Gasteiger partial charge in [0.2, 0.25) is 5.94 Å². The van der Waals surface area contributed by atoms with Gasteiger partial charge in [0.15, 0.2) is 0 Å². The van der Waals surface area contributed by atoms with Gasteiger partial charge in [-0.3, -0.25) is 0 Å². The monoisotopic (exact) mass is 246 g/mol. The van der Waals surface area contributed by atoms with E-state index >= 15 is 0 Å². The fourth-order valence-corrected chi connectivity index (χ4v) is 1.52. The second kappa shape index (κ2) is 5.36. The highest BCUT2D eigenvalue weighted by Gasteiger charge is 2.16. The summed E-state index contributed by atoms with van der Waals surface area (Å²) in [5, 5.41) is 0. The summed E-state index contributed by atoms with van der Waals surface area (Å²) >= 11 is 0. The fourth-order valence-electron chi connectivity index (χ4n) is 0.826. The summed E-state index contributed by atoms with van der Waals surface area (Å²) in [6.45, 7) is 0. The Labute approximate surface area is 92.9 Å². The van der Waals surface area contributed by atoms with Crippen LogP contribution in [0.4, 0.5) is 4.79 Å². The van der Waals surface area contributed by atoms with Crippen molar-refractivity contribution in [3.05, 3.63) is 30.3 Å². The largest absolute Gasteiger partial charge is 0.509 e. The predicted molar refractivity (Wildman–Crippen MR) is 54.3 cm³/mol. The molecule has 0 unspecified atom stereocenters. The molecule has 0 aliphatic heterocycles. The molecule has 0 bridgehead atoms. The molecule has 7 heteroatoms. The second-order valence-electron chi connectivity index (χ2n) is 2.67. The van der Waals surface area contributed by atoms with Gasteiger partial charge in [0, 0.05) is 0 Å². The number of carbonyl (C=O) groups is 1. The molecule has 0 saturated heterocycles. The number of carbonyl (C=O) groups excluding carboxylic acids is 1. The highest BCUT2D eigenvalue weighted by molar-refractivity contribution is 7.86. The van der Waals surface area contributed by atoms with Gasteiger partial charge in [-0.05, 0) is 12.1 Å². The van der Waals surface area contributed by atoms with Crippen LogP contribution in [0.25, 0.3) is 0 Å². The van der Waals surface area contributed by atoms with Gasteiger partial charge in [-0.1, -0.05) is 18.2 Å². The van der Waals surface area contributed by atoms with E-state index in [9.17, 15) is 13.2 Å². The SMILES string of the molecule is COC(=O)OCS(=O)(=O)Oc1ccccc1. The first-order valence-electron chi connectivity index (χ1n) is 4.21. The lowest BCUT2D eigenvalue weighted by atomic mass is 10.3. The third-order valence-electron chi connectivity index (χ3n) is 1.45. The van der Waals surface area contributed by atoms with Gasteiger partial charge in [0.05, 0.1) is 7.11 Å². The van der Waals surface area contributed by atoms with Crippen LogP contribution in [-0.2, 0) is 19.6 Å². The molecule has 0 spiro atoms. The predicted octanol–water partition coefficient (Wildman–Crippen LogP) is 1.14. The summed E-state index contributed by atoms with van der Waals surface area (Å²) in [5.41, 5.74) is 0. The third-order valence-corrected chi connectivity index (χ3v) is 2.31. The zero-order valence-corrected chi connectivity index (χ0v) is 9.27. The molecule has 0 aliphatic carbocycles. The summed E-state index contributed by atoms with van der Waals surface area (Å²) < 4.78 is 35.5. The molecule has 0 radical (unpaired) electrons. The van der Waals surface area contributed by atoms with Crippen LogP contribution in [0.2, 0.25) is 0 Å². The number of methoxy groups -OCH3 is 1. The number of hydrogen-bond donors (Lipinski definition) is 0. The van der Waals surface area contributed by atoms with Crippen LogP contribution in [0.5, 0.6) is 5.75 Å². The van der Waals surface area contributed by atoms with Gasteiger partial charge >= 0.3 is 16.3 Å². The maximum atomic E-state index is 11.3. The molecule has 1 aromatic carbocycles. The maximum Gasteiger partial charge on any atom is 0.509 e. The van der Waals surface area contributed by atoms with Gasteiger partial charge in [0.1, 0.15) is 5.75 Å². The smallest absolute Gasteiger partial charge is 0.438 e. The Morgan fingerprint density at radius 2 is 1.88 bits per heavy atom. The van der Waals surface area contributed by atoms with Crippen molar-refractivity contribution >= 4 is 16.3 Å². The lowest BCUT2D eigenvalue weighted by Gasteiger charge is -2.06. The molecule has 6 nitrogen and oxygen atoms in total. The van der Waals surface area contributed by atoms with E-state index in [2.05, 4.69) is 13.7 Å². The van der Waals surface area contributed by atoms with Gasteiger partial charge in [-0.25, -0.2) is 4.79 Å². The molecule has 1 aromatic rings. The minimum absolute atomic E-state index is 0.149. The number of ether oxygens (including phenoxy) is 2. The first-order chi connectivity index (χ1) is 7.53. The Hall–Kier alpha value is -1.76. The van der Waals surface area contributed by atoms with E-state index in [1.165, 1.54) is 12.1 Å². The van der Waals surface area contributed by atoms with Crippen molar-refractivity contribution in [3.8, 4) is 5.75 Å². The van der Waals surface area contributed by atoms with Crippen molar-refractivity contribution in [2.75, 3.05) is 13.0 Å². The van der Waals surface area contributed by atoms with Gasteiger partial charge < -0.3 is 13.7 Å². The number of para-hydroxylation sites is 1. The van der Waals surface area contributed by atoms with Crippen LogP contribution in [0, 0.1) is 0 Å². The van der Waals surface area contributed by atoms with Gasteiger partial charge in [0.25, 0.3) is 0 Å². The Morgan fingerprint density at radius 1 is 1.25 bits per heavy atom. The van der Waals surface area contributed by atoms with E-state index in [-0.39, 0.29) is 5.75 Å². The Balaban J connectivity index is 2.56. The number of hydrogen-bond acceptors (Lipinski definition) is 6. The Morgan fingerprint density at radius 3 is 2.44 bits per heavy atom. The van der Waals surface area contributed by atoms with E-state index in [0.29, 0.717) is 0 Å². The molecule has 0 saturated carbocycles. The van der Waals surface area contributed by atoms with E-state index in [1.807, 2.05) is 0 Å². The van der Waals surface area contributed by atoms with Crippen LogP contribution in [0.15, 0.2) is 30.3 Å². The second-order valence-corrected chi connectivity index (χ2v) is 4.19. The molecular formula is C9H10O6S. The van der Waals surface area contributed by atoms with Crippen LogP contribution in [0.1, 0.15) is 0 Å². The molecule has 88 valence electrons. The fraction of sp³-hybridized carbons (Fsp3) is 0.222. The minimum atomic E-state index is -3.96. The highest BCUT2D eigenvalue weighted by atomic mass is 32.2. The van der Waals surface area contributed by atoms with Gasteiger partial charge in [-0.2, -0.15) is 8.42 Å². The minimum Gasteiger partial charge on any atom is -0.438 e. The van der Waals surface area contributed by atoms with E-state index < -0.39 is 22.2 Å². The lowest BCUT2D eigenvalue weighted by molar-refractivity contribution is 0.0850. The van der Waals surface area contributed by atoms with Crippen molar-refractivity contribution in [1.82, 2.24) is 0 Å². The molecule has 0 aromatic heterocycles. The molecule has 1 rings (SSSR count). The van der Waals surface area contributed by atoms with Crippen molar-refractivity contribution in [1.29, 1.82) is 0 Å². The van der Waals surface area contributed by atoms with Crippen LogP contribution >= 0.6 is 0 Å². The Bertz CT molecular complexity index is 438. The van der Waals surface area contributed by atoms with Crippen molar-refractivity contribution in [2.24, 2.45) is 0 Å². The number of rotatable bonds is 4. The first kappa shape index (κ1) is 12.3. The highest BCUT2D eigenvalue weighted by Crippen LogP contribution is 2.11. The van der Waals surface area contributed by atoms with Crippen LogP contribution in [0.3, 0.4) is 0 Å². The molecule has 16 heavy (non-hydrogen) atoms. The summed E-state index contributed by atoms with van der Waals surface area (Å²) in [6, 6.07) is 7.88. The zero-order chi connectivity index (χ0) is 12.0. The quantitative estimate of drug-likeness (QED) is 0.585. The topological polar surface area (TPSA) is 78.9 Å². The molecule has 0 aliphatic rings. The van der Waals surface area contributed by atoms with Crippen molar-refractivity contribution < 1.29 is 26.9 Å². The van der Waals surface area contributed by atoms with E-state index in [4.69, 9.17) is 0 Å². The molecule has 0 N–H and O–H groups in total. The average Bonchev–Trinajstić information content (AvgIpc) is 2.27. The van der Waals surface area contributed by atoms with Gasteiger partial charge in [-0.15, -0.1) is 0 Å². The van der Waals surface area contributed by atoms with Crippen LogP contribution in [-0.4, -0.2) is 27.6 Å². The Kier molecular flexibility index (Phi) is 4.12. The molecule has 0 heterocycles. The van der Waals surface area contributed by atoms with E-state index in [1.54, 1.807) is 18.2 Å². The molecule has 0 amide bonds. The van der Waals surface area contributed by atoms with Crippen molar-refractivity contribution in [3.63, 3.8) is 0 Å². The van der Waals surface area contributed by atoms with Crippen molar-refractivity contribution in [2.45, 2.75) is 0 Å². The summed E-state index contributed by atoms with van der Waals surface area (Å²) in [7, 11) is -2.89. The molecule has 0 fully saturated rings. The standard InChI is InChI=1S/C9H10O6S/c1-13-9(10)14-7-16(11,12)15-8-5-3-2-4-6-8/h2-6H,7H2,1H3. The molecule has 0 atom stereocenters. The molecular weight excluding hydrogens is 236 g/mol. The average molecular weight is 246 g/mol. The van der Waals surface area contributed by atoms with E-state index in [0.717, 1.165) is 7.11 Å².